The van der Waals surface area contributed by atoms with Gasteiger partial charge in [0.15, 0.2) is 0 Å². The third-order valence-corrected chi connectivity index (χ3v) is 4.31. The number of rotatable bonds is 3. The minimum atomic E-state index is -0.843. The smallest absolute Gasteiger partial charge is 0.306 e. The number of carbonyl (C=O) groups excluding carboxylic acids is 1. The summed E-state index contributed by atoms with van der Waals surface area (Å²) in [5.41, 5.74) is 0.487. The van der Waals surface area contributed by atoms with Gasteiger partial charge in [-0.15, -0.1) is 0 Å². The summed E-state index contributed by atoms with van der Waals surface area (Å²) in [5, 5.41) is 20.5. The number of benzene rings is 1. The molecule has 3 rings (SSSR count). The Hall–Kier alpha value is -3.03. The van der Waals surface area contributed by atoms with Gasteiger partial charge in [0.1, 0.15) is 0 Å². The van der Waals surface area contributed by atoms with Gasteiger partial charge in [0.05, 0.1) is 27.3 Å². The van der Waals surface area contributed by atoms with E-state index >= 15 is 0 Å². The molecule has 0 saturated carbocycles. The maximum Gasteiger partial charge on any atom is 0.306 e. The van der Waals surface area contributed by atoms with Crippen molar-refractivity contribution in [1.29, 1.82) is 0 Å². The van der Waals surface area contributed by atoms with Crippen LogP contribution in [0, 0.1) is 16.0 Å². The molecule has 0 atom stereocenters. The maximum atomic E-state index is 12.7. The van der Waals surface area contributed by atoms with E-state index < -0.39 is 16.8 Å². The average molecular weight is 329 g/mol. The van der Waals surface area contributed by atoms with Gasteiger partial charge < -0.3 is 10.0 Å². The monoisotopic (exact) mass is 329 g/mol. The predicted octanol–water partition coefficient (Wildman–Crippen LogP) is 2.08. The van der Waals surface area contributed by atoms with Crippen molar-refractivity contribution in [2.75, 3.05) is 13.1 Å². The Labute approximate surface area is 136 Å². The summed E-state index contributed by atoms with van der Waals surface area (Å²) in [7, 11) is 0. The van der Waals surface area contributed by atoms with Gasteiger partial charge in [-0.2, -0.15) is 0 Å². The number of pyridine rings is 1. The van der Waals surface area contributed by atoms with Crippen molar-refractivity contribution in [1.82, 2.24) is 9.88 Å². The zero-order valence-electron chi connectivity index (χ0n) is 12.7. The van der Waals surface area contributed by atoms with Gasteiger partial charge in [0.2, 0.25) is 0 Å². The van der Waals surface area contributed by atoms with Crippen molar-refractivity contribution in [3.63, 3.8) is 0 Å². The first kappa shape index (κ1) is 15.9. The standard InChI is InChI=1S/C16H15N3O5/c20-15(18-8-5-10(6-9-18)16(21)22)12-3-4-13(19(23)24)11-2-1-7-17-14(11)12/h1-4,7,10H,5-6,8-9H2,(H,21,22). The number of non-ortho nitro benzene ring substituents is 1. The molecule has 1 N–H and O–H groups in total. The van der Waals surface area contributed by atoms with E-state index in [1.165, 1.54) is 18.3 Å². The van der Waals surface area contributed by atoms with Gasteiger partial charge in [-0.05, 0) is 31.0 Å². The number of likely N-dealkylation sites (tertiary alicyclic amines) is 1. The molecule has 8 heteroatoms. The minimum Gasteiger partial charge on any atom is -0.481 e. The van der Waals surface area contributed by atoms with Crippen molar-refractivity contribution in [2.24, 2.45) is 5.92 Å². The summed E-state index contributed by atoms with van der Waals surface area (Å²) in [5.74, 6) is -1.55. The molecule has 0 aliphatic carbocycles. The second-order valence-electron chi connectivity index (χ2n) is 5.69. The molecule has 1 aromatic carbocycles. The zero-order valence-corrected chi connectivity index (χ0v) is 12.7. The van der Waals surface area contributed by atoms with E-state index in [1.54, 1.807) is 17.0 Å². The van der Waals surface area contributed by atoms with Crippen molar-refractivity contribution >= 4 is 28.5 Å². The molecule has 1 aliphatic rings. The molecule has 2 heterocycles. The highest BCUT2D eigenvalue weighted by molar-refractivity contribution is 6.07. The third kappa shape index (κ3) is 2.78. The van der Waals surface area contributed by atoms with E-state index in [-0.39, 0.29) is 17.1 Å². The lowest BCUT2D eigenvalue weighted by Crippen LogP contribution is -2.40. The highest BCUT2D eigenvalue weighted by atomic mass is 16.6. The van der Waals surface area contributed by atoms with Crippen molar-refractivity contribution < 1.29 is 19.6 Å². The number of hydrogen-bond acceptors (Lipinski definition) is 5. The van der Waals surface area contributed by atoms with Gasteiger partial charge in [-0.3, -0.25) is 24.7 Å². The number of aliphatic carboxylic acids is 1. The summed E-state index contributed by atoms with van der Waals surface area (Å²) in [6, 6.07) is 5.87. The molecule has 0 radical (unpaired) electrons. The fourth-order valence-corrected chi connectivity index (χ4v) is 2.99. The molecule has 0 spiro atoms. The van der Waals surface area contributed by atoms with Crippen LogP contribution >= 0.6 is 0 Å². The minimum absolute atomic E-state index is 0.0979. The lowest BCUT2D eigenvalue weighted by Gasteiger charge is -2.30. The Balaban J connectivity index is 1.93. The van der Waals surface area contributed by atoms with E-state index in [9.17, 15) is 19.7 Å². The van der Waals surface area contributed by atoms with Gasteiger partial charge in [-0.25, -0.2) is 0 Å². The Morgan fingerprint density at radius 2 is 1.96 bits per heavy atom. The molecule has 1 aliphatic heterocycles. The van der Waals surface area contributed by atoms with Gasteiger partial charge in [0.25, 0.3) is 11.6 Å². The van der Waals surface area contributed by atoms with Crippen LogP contribution in [0.15, 0.2) is 30.5 Å². The van der Waals surface area contributed by atoms with Gasteiger partial charge in [0, 0.05) is 25.4 Å². The van der Waals surface area contributed by atoms with Crippen LogP contribution in [0.5, 0.6) is 0 Å². The van der Waals surface area contributed by atoms with E-state index in [4.69, 9.17) is 5.11 Å². The molecule has 1 aromatic heterocycles. The molecule has 1 fully saturated rings. The number of fused-ring (bicyclic) bond motifs is 1. The second kappa shape index (κ2) is 6.23. The molecule has 8 nitrogen and oxygen atoms in total. The number of piperidine rings is 1. The van der Waals surface area contributed by atoms with Crippen LogP contribution in [0.3, 0.4) is 0 Å². The highest BCUT2D eigenvalue weighted by Gasteiger charge is 2.29. The summed E-state index contributed by atoms with van der Waals surface area (Å²) in [6.45, 7) is 0.697. The Morgan fingerprint density at radius 3 is 2.58 bits per heavy atom. The number of nitro groups is 1. The molecular weight excluding hydrogens is 314 g/mol. The zero-order chi connectivity index (χ0) is 17.3. The lowest BCUT2D eigenvalue weighted by atomic mass is 9.96. The fraction of sp³-hybridized carbons (Fsp3) is 0.312. The van der Waals surface area contributed by atoms with Crippen LogP contribution in [-0.4, -0.2) is 44.9 Å². The Morgan fingerprint density at radius 1 is 1.25 bits per heavy atom. The first-order chi connectivity index (χ1) is 11.5. The van der Waals surface area contributed by atoms with E-state index in [1.807, 2.05) is 0 Å². The van der Waals surface area contributed by atoms with Crippen LogP contribution in [0.2, 0.25) is 0 Å². The average Bonchev–Trinajstić information content (AvgIpc) is 2.60. The quantitative estimate of drug-likeness (QED) is 0.681. The normalized spacial score (nSPS) is 15.4. The summed E-state index contributed by atoms with van der Waals surface area (Å²) < 4.78 is 0. The Kier molecular flexibility index (Phi) is 4.11. The molecule has 1 amide bonds. The molecular formula is C16H15N3O5. The lowest BCUT2D eigenvalue weighted by molar-refractivity contribution is -0.383. The van der Waals surface area contributed by atoms with E-state index in [2.05, 4.69) is 4.98 Å². The summed E-state index contributed by atoms with van der Waals surface area (Å²) >= 11 is 0. The molecule has 2 aromatic rings. The van der Waals surface area contributed by atoms with Gasteiger partial charge >= 0.3 is 5.97 Å². The first-order valence-electron chi connectivity index (χ1n) is 7.53. The van der Waals surface area contributed by atoms with Crippen molar-refractivity contribution in [2.45, 2.75) is 12.8 Å². The topological polar surface area (TPSA) is 114 Å². The number of aromatic nitrogens is 1. The van der Waals surface area contributed by atoms with Crippen LogP contribution in [0.4, 0.5) is 5.69 Å². The molecule has 0 bridgehead atoms. The highest BCUT2D eigenvalue weighted by Crippen LogP contribution is 2.28. The predicted molar refractivity (Wildman–Crippen MR) is 84.7 cm³/mol. The largest absolute Gasteiger partial charge is 0.481 e. The van der Waals surface area contributed by atoms with Crippen LogP contribution in [0.25, 0.3) is 10.9 Å². The van der Waals surface area contributed by atoms with Crippen LogP contribution < -0.4 is 0 Å². The number of hydrogen-bond donors (Lipinski definition) is 1. The summed E-state index contributed by atoms with van der Waals surface area (Å²) in [4.78, 5) is 40.1. The van der Waals surface area contributed by atoms with Crippen molar-refractivity contribution in [3.05, 3.63) is 46.1 Å². The number of nitro benzene ring substituents is 1. The van der Waals surface area contributed by atoms with E-state index in [0.29, 0.717) is 36.9 Å². The molecule has 124 valence electrons. The summed E-state index contributed by atoms with van der Waals surface area (Å²) in [6.07, 6.45) is 2.29. The number of amides is 1. The van der Waals surface area contributed by atoms with Crippen molar-refractivity contribution in [3.8, 4) is 0 Å². The molecule has 24 heavy (non-hydrogen) atoms. The number of carboxylic acid groups (broad SMARTS) is 1. The number of carboxylic acids is 1. The number of carbonyl (C=O) groups is 2. The molecule has 1 saturated heterocycles. The third-order valence-electron chi connectivity index (χ3n) is 4.31. The number of nitrogens with zero attached hydrogens (tertiary/aromatic N) is 3. The Bertz CT molecular complexity index is 828. The SMILES string of the molecule is O=C(O)C1CCN(C(=O)c2ccc([N+](=O)[O-])c3cccnc23)CC1. The van der Waals surface area contributed by atoms with Crippen LogP contribution in [-0.2, 0) is 4.79 Å². The van der Waals surface area contributed by atoms with Crippen LogP contribution in [0.1, 0.15) is 23.2 Å². The fourth-order valence-electron chi connectivity index (χ4n) is 2.99. The van der Waals surface area contributed by atoms with E-state index in [0.717, 1.165) is 0 Å². The molecule has 0 unspecified atom stereocenters. The maximum absolute atomic E-state index is 12.7. The first-order valence-corrected chi connectivity index (χ1v) is 7.53. The second-order valence-corrected chi connectivity index (χ2v) is 5.69. The van der Waals surface area contributed by atoms with Gasteiger partial charge in [-0.1, -0.05) is 0 Å².